The van der Waals surface area contributed by atoms with Crippen molar-refractivity contribution in [3.8, 4) is 0 Å². The summed E-state index contributed by atoms with van der Waals surface area (Å²) < 4.78 is 2.03. The Kier molecular flexibility index (Phi) is 3.38. The summed E-state index contributed by atoms with van der Waals surface area (Å²) in [6, 6.07) is 2.49. The molecule has 0 radical (unpaired) electrons. The minimum absolute atomic E-state index is 0.480. The van der Waals surface area contributed by atoms with Gasteiger partial charge in [0.25, 0.3) is 0 Å². The minimum Gasteiger partial charge on any atom is -0.364 e. The fourth-order valence-corrected chi connectivity index (χ4v) is 2.82. The molecule has 3 rings (SSSR count). The van der Waals surface area contributed by atoms with E-state index in [1.165, 1.54) is 19.4 Å². The number of aromatic nitrogens is 3. The standard InChI is InChI=1S/C14H21N5/c1-3-19-8-4-5-11(9-19)17-14-13-12(6-7-15-14)18(2)10-16-13/h6-7,10-11H,3-5,8-9H2,1-2H3,(H,15,17). The molecule has 1 fully saturated rings. The molecule has 0 aliphatic carbocycles. The molecule has 0 aromatic carbocycles. The van der Waals surface area contributed by atoms with Crippen LogP contribution < -0.4 is 5.32 Å². The normalized spacial score (nSPS) is 20.8. The lowest BCUT2D eigenvalue weighted by Crippen LogP contribution is -2.42. The Labute approximate surface area is 113 Å². The second-order valence-electron chi connectivity index (χ2n) is 5.26. The van der Waals surface area contributed by atoms with Gasteiger partial charge in [-0.3, -0.25) is 0 Å². The Morgan fingerprint density at radius 1 is 1.42 bits per heavy atom. The SMILES string of the molecule is CCN1CCCC(Nc2nccc3c2ncn3C)C1. The first-order valence-electron chi connectivity index (χ1n) is 7.03. The highest BCUT2D eigenvalue weighted by molar-refractivity contribution is 5.85. The van der Waals surface area contributed by atoms with Crippen LogP contribution in [0.15, 0.2) is 18.6 Å². The molecule has 2 aromatic heterocycles. The zero-order valence-corrected chi connectivity index (χ0v) is 11.6. The van der Waals surface area contributed by atoms with Gasteiger partial charge >= 0.3 is 0 Å². The van der Waals surface area contributed by atoms with E-state index in [1.807, 2.05) is 30.2 Å². The van der Waals surface area contributed by atoms with Crippen molar-refractivity contribution < 1.29 is 0 Å². The molecule has 1 aliphatic rings. The molecule has 1 N–H and O–H groups in total. The number of imidazole rings is 1. The van der Waals surface area contributed by atoms with Crippen LogP contribution in [0, 0.1) is 0 Å². The number of anilines is 1. The summed E-state index contributed by atoms with van der Waals surface area (Å²) in [5.74, 6) is 0.918. The monoisotopic (exact) mass is 259 g/mol. The van der Waals surface area contributed by atoms with Gasteiger partial charge in [-0.05, 0) is 32.0 Å². The number of pyridine rings is 1. The second kappa shape index (κ2) is 5.17. The summed E-state index contributed by atoms with van der Waals surface area (Å²) in [6.45, 7) is 5.66. The lowest BCUT2D eigenvalue weighted by Gasteiger charge is -2.32. The Morgan fingerprint density at radius 2 is 2.32 bits per heavy atom. The van der Waals surface area contributed by atoms with Gasteiger partial charge in [0.15, 0.2) is 5.82 Å². The van der Waals surface area contributed by atoms with Gasteiger partial charge in [0.2, 0.25) is 0 Å². The van der Waals surface area contributed by atoms with Crippen LogP contribution in [0.4, 0.5) is 5.82 Å². The summed E-state index contributed by atoms with van der Waals surface area (Å²) in [7, 11) is 2.01. The predicted molar refractivity (Wildman–Crippen MR) is 77.3 cm³/mol. The maximum absolute atomic E-state index is 4.46. The number of hydrogen-bond acceptors (Lipinski definition) is 4. The fourth-order valence-electron chi connectivity index (χ4n) is 2.82. The quantitative estimate of drug-likeness (QED) is 0.914. The highest BCUT2D eigenvalue weighted by atomic mass is 15.2. The van der Waals surface area contributed by atoms with E-state index in [1.54, 1.807) is 0 Å². The van der Waals surface area contributed by atoms with Crippen LogP contribution in [0.5, 0.6) is 0 Å². The summed E-state index contributed by atoms with van der Waals surface area (Å²) in [5, 5.41) is 3.57. The molecular weight excluding hydrogens is 238 g/mol. The van der Waals surface area contributed by atoms with Gasteiger partial charge in [0, 0.05) is 25.8 Å². The van der Waals surface area contributed by atoms with E-state index in [2.05, 4.69) is 27.1 Å². The van der Waals surface area contributed by atoms with Crippen molar-refractivity contribution in [1.82, 2.24) is 19.4 Å². The summed E-state index contributed by atoms with van der Waals surface area (Å²) in [6.07, 6.45) is 6.16. The van der Waals surface area contributed by atoms with Crippen molar-refractivity contribution in [3.05, 3.63) is 18.6 Å². The third-order valence-corrected chi connectivity index (χ3v) is 3.94. The van der Waals surface area contributed by atoms with Crippen LogP contribution >= 0.6 is 0 Å². The molecule has 19 heavy (non-hydrogen) atoms. The van der Waals surface area contributed by atoms with Crippen LogP contribution in [0.25, 0.3) is 11.0 Å². The van der Waals surface area contributed by atoms with E-state index in [4.69, 9.17) is 0 Å². The van der Waals surface area contributed by atoms with Crippen molar-refractivity contribution in [2.45, 2.75) is 25.8 Å². The first kappa shape index (κ1) is 12.4. The zero-order valence-electron chi connectivity index (χ0n) is 11.6. The van der Waals surface area contributed by atoms with E-state index in [9.17, 15) is 0 Å². The molecule has 5 nitrogen and oxygen atoms in total. The van der Waals surface area contributed by atoms with Gasteiger partial charge in [-0.25, -0.2) is 9.97 Å². The number of likely N-dealkylation sites (N-methyl/N-ethyl adjacent to an activating group) is 1. The number of nitrogens with one attached hydrogen (secondary N) is 1. The van der Waals surface area contributed by atoms with Crippen molar-refractivity contribution in [2.24, 2.45) is 7.05 Å². The van der Waals surface area contributed by atoms with E-state index in [0.717, 1.165) is 29.9 Å². The van der Waals surface area contributed by atoms with Gasteiger partial charge in [0.05, 0.1) is 11.8 Å². The smallest absolute Gasteiger partial charge is 0.154 e. The number of aryl methyl sites for hydroxylation is 1. The Hall–Kier alpha value is -1.62. The number of rotatable bonds is 3. The maximum Gasteiger partial charge on any atom is 0.154 e. The van der Waals surface area contributed by atoms with Gasteiger partial charge in [0.1, 0.15) is 5.52 Å². The first-order valence-corrected chi connectivity index (χ1v) is 7.03. The van der Waals surface area contributed by atoms with Crippen molar-refractivity contribution in [3.63, 3.8) is 0 Å². The topological polar surface area (TPSA) is 46.0 Å². The molecule has 5 heteroatoms. The van der Waals surface area contributed by atoms with Crippen LogP contribution in [0.1, 0.15) is 19.8 Å². The average molecular weight is 259 g/mol. The van der Waals surface area contributed by atoms with Crippen LogP contribution in [-0.4, -0.2) is 45.1 Å². The zero-order chi connectivity index (χ0) is 13.2. The van der Waals surface area contributed by atoms with E-state index in [-0.39, 0.29) is 0 Å². The molecule has 1 unspecified atom stereocenters. The number of likely N-dealkylation sites (tertiary alicyclic amines) is 1. The largest absolute Gasteiger partial charge is 0.364 e. The number of nitrogens with zero attached hydrogens (tertiary/aromatic N) is 4. The third-order valence-electron chi connectivity index (χ3n) is 3.94. The molecule has 0 bridgehead atoms. The van der Waals surface area contributed by atoms with Gasteiger partial charge in [-0.15, -0.1) is 0 Å². The molecule has 2 aromatic rings. The van der Waals surface area contributed by atoms with Crippen molar-refractivity contribution in [1.29, 1.82) is 0 Å². The lowest BCUT2D eigenvalue weighted by molar-refractivity contribution is 0.226. The molecule has 1 aliphatic heterocycles. The third kappa shape index (κ3) is 2.42. The van der Waals surface area contributed by atoms with Crippen LogP contribution in [0.3, 0.4) is 0 Å². The molecule has 1 saturated heterocycles. The maximum atomic E-state index is 4.46. The predicted octanol–water partition coefficient (Wildman–Crippen LogP) is 1.86. The van der Waals surface area contributed by atoms with Crippen molar-refractivity contribution in [2.75, 3.05) is 25.0 Å². The molecule has 0 saturated carbocycles. The van der Waals surface area contributed by atoms with Gasteiger partial charge < -0.3 is 14.8 Å². The number of hydrogen-bond donors (Lipinski definition) is 1. The highest BCUT2D eigenvalue weighted by Crippen LogP contribution is 2.21. The Morgan fingerprint density at radius 3 is 3.16 bits per heavy atom. The molecule has 0 spiro atoms. The van der Waals surface area contributed by atoms with Crippen LogP contribution in [0.2, 0.25) is 0 Å². The van der Waals surface area contributed by atoms with E-state index < -0.39 is 0 Å². The summed E-state index contributed by atoms with van der Waals surface area (Å²) in [5.41, 5.74) is 2.10. The van der Waals surface area contributed by atoms with Crippen molar-refractivity contribution >= 4 is 16.9 Å². The average Bonchev–Trinajstić information content (AvgIpc) is 2.82. The Bertz CT molecular complexity index is 562. The number of fused-ring (bicyclic) bond motifs is 1. The Balaban J connectivity index is 1.81. The van der Waals surface area contributed by atoms with Crippen LogP contribution in [-0.2, 0) is 7.05 Å². The molecule has 102 valence electrons. The minimum atomic E-state index is 0.480. The second-order valence-corrected chi connectivity index (χ2v) is 5.26. The fraction of sp³-hybridized carbons (Fsp3) is 0.571. The molecule has 1 atom stereocenters. The first-order chi connectivity index (χ1) is 9.28. The summed E-state index contributed by atoms with van der Waals surface area (Å²) >= 11 is 0. The molecular formula is C14H21N5. The summed E-state index contributed by atoms with van der Waals surface area (Å²) in [4.78, 5) is 11.4. The highest BCUT2D eigenvalue weighted by Gasteiger charge is 2.19. The molecule has 3 heterocycles. The lowest BCUT2D eigenvalue weighted by atomic mass is 10.1. The van der Waals surface area contributed by atoms with E-state index >= 15 is 0 Å². The van der Waals surface area contributed by atoms with Gasteiger partial charge in [-0.2, -0.15) is 0 Å². The van der Waals surface area contributed by atoms with Gasteiger partial charge in [-0.1, -0.05) is 6.92 Å². The number of piperidine rings is 1. The van der Waals surface area contributed by atoms with E-state index in [0.29, 0.717) is 6.04 Å². The molecule has 0 amide bonds.